The Kier molecular flexibility index (Phi) is 12.4. The van der Waals surface area contributed by atoms with E-state index in [1.54, 1.807) is 0 Å². The van der Waals surface area contributed by atoms with Crippen LogP contribution in [0.2, 0.25) is 21.1 Å². The zero-order valence-electron chi connectivity index (χ0n) is 21.8. The van der Waals surface area contributed by atoms with Crippen LogP contribution in [0.1, 0.15) is 93.9 Å². The van der Waals surface area contributed by atoms with E-state index in [2.05, 4.69) is 55.4 Å². The highest BCUT2D eigenvalue weighted by Crippen LogP contribution is 2.40. The molecule has 31 heavy (non-hydrogen) atoms. The van der Waals surface area contributed by atoms with Gasteiger partial charge in [-0.2, -0.15) is 0 Å². The topological polar surface area (TPSA) is 36.9 Å². The van der Waals surface area contributed by atoms with Crippen LogP contribution in [0, 0.1) is 23.7 Å². The number of hydrogen-bond acceptors (Lipinski definition) is 4. The summed E-state index contributed by atoms with van der Waals surface area (Å²) in [5, 5.41) is 4.87. The van der Waals surface area contributed by atoms with Gasteiger partial charge in [0.25, 0.3) is 0 Å². The average Bonchev–Trinajstić information content (AvgIpc) is 2.59. The fourth-order valence-electron chi connectivity index (χ4n) is 5.20. The summed E-state index contributed by atoms with van der Waals surface area (Å²) in [6, 6.07) is 0. The van der Waals surface area contributed by atoms with Gasteiger partial charge in [-0.3, -0.25) is 0 Å². The SMILES string of the molecule is CC(C)[CH2][Al]([CH2]C(C)C)[O][C@H]1C[C@@H]([O][Al]([CH2]C(C)C)[CH2]C(C)C)OC2(CCCCC2)O1. The molecule has 0 aromatic carbocycles. The van der Waals surface area contributed by atoms with E-state index >= 15 is 0 Å². The van der Waals surface area contributed by atoms with Crippen molar-refractivity contribution < 1.29 is 17.1 Å². The van der Waals surface area contributed by atoms with Crippen LogP contribution in [0.4, 0.5) is 0 Å². The molecule has 1 saturated carbocycles. The van der Waals surface area contributed by atoms with Gasteiger partial charge in [0, 0.05) is 19.3 Å². The molecule has 0 bridgehead atoms. The van der Waals surface area contributed by atoms with Crippen molar-refractivity contribution in [1.82, 2.24) is 0 Å². The lowest BCUT2D eigenvalue weighted by Gasteiger charge is -2.48. The molecule has 2 aliphatic rings. The van der Waals surface area contributed by atoms with E-state index in [4.69, 9.17) is 17.1 Å². The Balaban J connectivity index is 2.12. The molecule has 4 nitrogen and oxygen atoms in total. The molecule has 0 amide bonds. The van der Waals surface area contributed by atoms with Crippen LogP contribution < -0.4 is 0 Å². The predicted octanol–water partition coefficient (Wildman–Crippen LogP) is 7.38. The van der Waals surface area contributed by atoms with Gasteiger partial charge in [0.1, 0.15) is 12.6 Å². The molecular formula is C25H50Al2O4. The zero-order chi connectivity index (χ0) is 23.0. The number of rotatable bonds is 12. The molecule has 6 heteroatoms. The second kappa shape index (κ2) is 13.7. The molecule has 0 aromatic heterocycles. The van der Waals surface area contributed by atoms with Gasteiger partial charge in [-0.05, 0) is 12.8 Å². The van der Waals surface area contributed by atoms with Crippen LogP contribution >= 0.6 is 0 Å². The molecule has 2 fully saturated rings. The zero-order valence-corrected chi connectivity index (χ0v) is 24.1. The highest BCUT2D eigenvalue weighted by atomic mass is 27.2. The second-order valence-corrected chi connectivity index (χ2v) is 16.8. The highest BCUT2D eigenvalue weighted by molar-refractivity contribution is 6.52. The smallest absolute Gasteiger partial charge is 0.463 e. The van der Waals surface area contributed by atoms with Crippen molar-refractivity contribution in [2.24, 2.45) is 23.7 Å². The van der Waals surface area contributed by atoms with Gasteiger partial charge < -0.3 is 17.1 Å². The van der Waals surface area contributed by atoms with E-state index in [0.717, 1.165) is 19.3 Å². The van der Waals surface area contributed by atoms with Crippen molar-refractivity contribution in [2.45, 2.75) is 133 Å². The lowest BCUT2D eigenvalue weighted by Crippen LogP contribution is -2.53. The van der Waals surface area contributed by atoms with Crippen molar-refractivity contribution in [3.63, 3.8) is 0 Å². The van der Waals surface area contributed by atoms with Gasteiger partial charge in [0.15, 0.2) is 5.79 Å². The molecule has 1 heterocycles. The van der Waals surface area contributed by atoms with E-state index in [1.807, 2.05) is 0 Å². The first-order valence-corrected chi connectivity index (χ1v) is 17.4. The van der Waals surface area contributed by atoms with E-state index in [0.29, 0.717) is 23.7 Å². The van der Waals surface area contributed by atoms with Crippen molar-refractivity contribution in [2.75, 3.05) is 0 Å². The summed E-state index contributed by atoms with van der Waals surface area (Å²) in [6.45, 7) is 18.5. The first kappa shape index (κ1) is 28.1. The van der Waals surface area contributed by atoms with Gasteiger partial charge >= 0.3 is 29.0 Å². The second-order valence-electron chi connectivity index (χ2n) is 11.8. The number of ether oxygens (including phenoxy) is 2. The van der Waals surface area contributed by atoms with Crippen LogP contribution in [0.15, 0.2) is 0 Å². The molecule has 1 aliphatic heterocycles. The molecule has 1 saturated heterocycles. The summed E-state index contributed by atoms with van der Waals surface area (Å²) in [4.78, 5) is 0. The average molecular weight is 469 g/mol. The Morgan fingerprint density at radius 3 is 1.32 bits per heavy atom. The van der Waals surface area contributed by atoms with Crippen LogP contribution in [0.5, 0.6) is 0 Å². The Hall–Kier alpha value is 0.905. The summed E-state index contributed by atoms with van der Waals surface area (Å²) in [5.41, 5.74) is 0. The molecule has 180 valence electrons. The lowest BCUT2D eigenvalue weighted by atomic mass is 9.93. The normalized spacial score (nSPS) is 24.0. The van der Waals surface area contributed by atoms with Crippen LogP contribution in [-0.2, 0) is 17.1 Å². The molecular weight excluding hydrogens is 418 g/mol. The monoisotopic (exact) mass is 468 g/mol. The maximum Gasteiger partial charge on any atom is 0.463 e. The Morgan fingerprint density at radius 1 is 0.645 bits per heavy atom. The fraction of sp³-hybridized carbons (Fsp3) is 1.00. The van der Waals surface area contributed by atoms with Gasteiger partial charge in [0.2, 0.25) is 0 Å². The largest absolute Gasteiger partial charge is 0.477 e. The molecule has 1 aliphatic carbocycles. The summed E-state index contributed by atoms with van der Waals surface area (Å²) >= 11 is -2.66. The van der Waals surface area contributed by atoms with Crippen molar-refractivity contribution in [1.29, 1.82) is 0 Å². The lowest BCUT2D eigenvalue weighted by molar-refractivity contribution is -0.388. The molecule has 0 aromatic rings. The number of hydrogen-bond donors (Lipinski definition) is 0. The first-order valence-electron chi connectivity index (χ1n) is 13.2. The predicted molar refractivity (Wildman–Crippen MR) is 132 cm³/mol. The van der Waals surface area contributed by atoms with E-state index < -0.39 is 34.8 Å². The van der Waals surface area contributed by atoms with Crippen LogP contribution in [0.25, 0.3) is 0 Å². The molecule has 1 spiro atoms. The van der Waals surface area contributed by atoms with E-state index in [-0.39, 0.29) is 12.6 Å². The van der Waals surface area contributed by atoms with Crippen molar-refractivity contribution in [3.05, 3.63) is 0 Å². The van der Waals surface area contributed by atoms with E-state index in [9.17, 15) is 0 Å². The summed E-state index contributed by atoms with van der Waals surface area (Å²) in [5.74, 6) is 2.24. The van der Waals surface area contributed by atoms with Crippen molar-refractivity contribution in [3.8, 4) is 0 Å². The third-order valence-electron chi connectivity index (χ3n) is 6.32. The maximum atomic E-state index is 6.79. The van der Waals surface area contributed by atoms with Gasteiger partial charge in [-0.15, -0.1) is 0 Å². The quantitative estimate of drug-likeness (QED) is 0.280. The summed E-state index contributed by atoms with van der Waals surface area (Å²) < 4.78 is 26.8. The molecule has 0 radical (unpaired) electrons. The van der Waals surface area contributed by atoms with Gasteiger partial charge in [-0.1, -0.05) is 107 Å². The maximum absolute atomic E-state index is 6.79. The molecule has 2 rings (SSSR count). The van der Waals surface area contributed by atoms with E-state index in [1.165, 1.54) is 40.4 Å². The van der Waals surface area contributed by atoms with Gasteiger partial charge in [-0.25, -0.2) is 0 Å². The minimum atomic E-state index is -1.33. The van der Waals surface area contributed by atoms with Crippen LogP contribution in [-0.4, -0.2) is 47.3 Å². The van der Waals surface area contributed by atoms with Gasteiger partial charge in [0.05, 0.1) is 0 Å². The first-order chi connectivity index (χ1) is 14.6. The molecule has 2 atom stereocenters. The minimum absolute atomic E-state index is 0.154. The molecule has 0 N–H and O–H groups in total. The molecule has 0 unspecified atom stereocenters. The highest BCUT2D eigenvalue weighted by Gasteiger charge is 2.46. The fourth-order valence-corrected chi connectivity index (χ4v) is 11.4. The standard InChI is InChI=1S/C9H14O4.4C4H9.2Al/c10-7-6-8(11)13-9(12-7)4-2-1-3-5-9;4*1-4(2)3;;/h7-8H,1-6H2;4*4H,1H2,2-3H3;;/q-2;;;;;2*+1/t7-,8+;;;;;;. The Labute approximate surface area is 202 Å². The summed E-state index contributed by atoms with van der Waals surface area (Å²) in [7, 11) is 0. The third-order valence-corrected chi connectivity index (χ3v) is 13.6. The minimum Gasteiger partial charge on any atom is -0.477 e. The Morgan fingerprint density at radius 2 is 1.00 bits per heavy atom. The van der Waals surface area contributed by atoms with Crippen LogP contribution in [0.3, 0.4) is 0 Å². The third kappa shape index (κ3) is 10.8. The van der Waals surface area contributed by atoms with Crippen molar-refractivity contribution >= 4 is 29.0 Å². The Bertz CT molecular complexity index is 436. The summed E-state index contributed by atoms with van der Waals surface area (Å²) in [6.07, 6.45) is 6.02.